The average Bonchev–Trinajstić information content (AvgIpc) is 3.16. The van der Waals surface area contributed by atoms with E-state index in [9.17, 15) is 14.4 Å². The summed E-state index contributed by atoms with van der Waals surface area (Å²) in [5.74, 6) is -0.184. The van der Waals surface area contributed by atoms with Crippen LogP contribution < -0.4 is 15.4 Å². The van der Waals surface area contributed by atoms with Crippen molar-refractivity contribution in [2.45, 2.75) is 39.0 Å². The summed E-state index contributed by atoms with van der Waals surface area (Å²) in [6.07, 6.45) is 0.448. The van der Waals surface area contributed by atoms with Crippen LogP contribution >= 0.6 is 0 Å². The van der Waals surface area contributed by atoms with E-state index in [-0.39, 0.29) is 36.7 Å². The van der Waals surface area contributed by atoms with E-state index < -0.39 is 12.1 Å². The molecular formula is C24H28N2O5. The van der Waals surface area contributed by atoms with Gasteiger partial charge in [0, 0.05) is 5.56 Å². The molecule has 3 rings (SSSR count). The Morgan fingerprint density at radius 2 is 1.90 bits per heavy atom. The van der Waals surface area contributed by atoms with E-state index in [1.54, 1.807) is 24.3 Å². The number of ketones is 1. The Bertz CT molecular complexity index is 913. The number of nitrogens with one attached hydrogen (secondary N) is 2. The molecule has 31 heavy (non-hydrogen) atoms. The molecule has 0 aromatic heterocycles. The molecule has 0 radical (unpaired) electrons. The van der Waals surface area contributed by atoms with Crippen molar-refractivity contribution in [3.63, 3.8) is 0 Å². The summed E-state index contributed by atoms with van der Waals surface area (Å²) >= 11 is 0. The number of carbonyl (C=O) groups excluding carboxylic acids is 3. The third-order valence-corrected chi connectivity index (χ3v) is 4.91. The molecule has 2 N–H and O–H groups in total. The van der Waals surface area contributed by atoms with Crippen LogP contribution in [0.3, 0.4) is 0 Å². The summed E-state index contributed by atoms with van der Waals surface area (Å²) in [7, 11) is 0. The molecule has 7 heteroatoms. The second-order valence-electron chi connectivity index (χ2n) is 8.00. The lowest BCUT2D eigenvalue weighted by atomic mass is 10.0. The maximum Gasteiger partial charge on any atom is 0.252 e. The highest BCUT2D eigenvalue weighted by molar-refractivity contribution is 5.99. The Morgan fingerprint density at radius 1 is 1.13 bits per heavy atom. The van der Waals surface area contributed by atoms with Gasteiger partial charge in [0.15, 0.2) is 5.78 Å². The van der Waals surface area contributed by atoms with Gasteiger partial charge in [-0.2, -0.15) is 0 Å². The number of hydrogen-bond donors (Lipinski definition) is 2. The van der Waals surface area contributed by atoms with Gasteiger partial charge in [-0.25, -0.2) is 0 Å². The predicted octanol–water partition coefficient (Wildman–Crippen LogP) is 2.49. The standard InChI is InChI=1S/C24H28N2O5/c1-16(2)11-20(24(29)26-21-14-30-15-22(21)27)25-23(28)18-9-6-10-19(12-18)31-13-17-7-4-3-5-8-17/h3-10,12,16,20-21H,11,13-15H2,1-2H3,(H,25,28)(H,26,29). The minimum atomic E-state index is -0.755. The molecule has 0 spiro atoms. The zero-order valence-corrected chi connectivity index (χ0v) is 17.8. The van der Waals surface area contributed by atoms with E-state index in [1.807, 2.05) is 44.2 Å². The molecule has 2 atom stereocenters. The fourth-order valence-corrected chi connectivity index (χ4v) is 3.28. The Labute approximate surface area is 182 Å². The molecule has 0 aliphatic carbocycles. The van der Waals surface area contributed by atoms with Crippen molar-refractivity contribution < 1.29 is 23.9 Å². The topological polar surface area (TPSA) is 93.7 Å². The second-order valence-corrected chi connectivity index (χ2v) is 8.00. The van der Waals surface area contributed by atoms with E-state index in [2.05, 4.69) is 10.6 Å². The van der Waals surface area contributed by atoms with Crippen LogP contribution in [0.5, 0.6) is 5.75 Å². The van der Waals surface area contributed by atoms with Gasteiger partial charge in [-0.1, -0.05) is 50.2 Å². The van der Waals surface area contributed by atoms with Crippen LogP contribution in [0.1, 0.15) is 36.2 Å². The SMILES string of the molecule is CC(C)CC(NC(=O)c1cccc(OCc2ccccc2)c1)C(=O)NC1COCC1=O. The number of carbonyl (C=O) groups is 3. The first kappa shape index (κ1) is 22.5. The first-order chi connectivity index (χ1) is 14.9. The fraction of sp³-hybridized carbons (Fsp3) is 0.375. The summed E-state index contributed by atoms with van der Waals surface area (Å²) < 4.78 is 10.9. The minimum Gasteiger partial charge on any atom is -0.489 e. The van der Waals surface area contributed by atoms with E-state index in [0.717, 1.165) is 5.56 Å². The largest absolute Gasteiger partial charge is 0.489 e. The fourth-order valence-electron chi connectivity index (χ4n) is 3.28. The van der Waals surface area contributed by atoms with Crippen LogP contribution in [0, 0.1) is 5.92 Å². The quantitative estimate of drug-likeness (QED) is 0.645. The summed E-state index contributed by atoms with van der Waals surface area (Å²) in [6.45, 7) is 4.49. The van der Waals surface area contributed by atoms with Gasteiger partial charge >= 0.3 is 0 Å². The number of amides is 2. The van der Waals surface area contributed by atoms with Crippen molar-refractivity contribution in [2.24, 2.45) is 5.92 Å². The van der Waals surface area contributed by atoms with Crippen molar-refractivity contribution in [3.8, 4) is 5.75 Å². The first-order valence-corrected chi connectivity index (χ1v) is 10.4. The monoisotopic (exact) mass is 424 g/mol. The maximum absolute atomic E-state index is 12.8. The molecule has 2 aromatic rings. The molecule has 164 valence electrons. The molecule has 0 saturated carbocycles. The minimum absolute atomic E-state index is 0.00191. The van der Waals surface area contributed by atoms with Gasteiger partial charge < -0.3 is 20.1 Å². The van der Waals surface area contributed by atoms with Crippen LogP contribution in [-0.2, 0) is 20.9 Å². The Hall–Kier alpha value is -3.19. The van der Waals surface area contributed by atoms with E-state index >= 15 is 0 Å². The highest BCUT2D eigenvalue weighted by atomic mass is 16.5. The zero-order chi connectivity index (χ0) is 22.2. The normalized spacial score (nSPS) is 16.7. The molecule has 1 aliphatic heterocycles. The number of hydrogen-bond acceptors (Lipinski definition) is 5. The van der Waals surface area contributed by atoms with Gasteiger partial charge in [0.25, 0.3) is 5.91 Å². The number of Topliss-reactive ketones (excluding diaryl/α,β-unsaturated/α-hetero) is 1. The van der Waals surface area contributed by atoms with Crippen LogP contribution in [0.4, 0.5) is 0 Å². The van der Waals surface area contributed by atoms with Crippen molar-refractivity contribution in [1.29, 1.82) is 0 Å². The predicted molar refractivity (Wildman–Crippen MR) is 116 cm³/mol. The molecule has 2 amide bonds. The number of ether oxygens (including phenoxy) is 2. The highest BCUT2D eigenvalue weighted by Gasteiger charge is 2.30. The second kappa shape index (κ2) is 10.7. The maximum atomic E-state index is 12.8. The highest BCUT2D eigenvalue weighted by Crippen LogP contribution is 2.16. The molecule has 2 aromatic carbocycles. The van der Waals surface area contributed by atoms with Gasteiger partial charge in [-0.05, 0) is 36.1 Å². The van der Waals surface area contributed by atoms with Gasteiger partial charge in [0.2, 0.25) is 5.91 Å². The van der Waals surface area contributed by atoms with Gasteiger partial charge in [-0.3, -0.25) is 14.4 Å². The molecule has 1 saturated heterocycles. The van der Waals surface area contributed by atoms with E-state index in [0.29, 0.717) is 24.3 Å². The van der Waals surface area contributed by atoms with Crippen LogP contribution in [0.25, 0.3) is 0 Å². The Kier molecular flexibility index (Phi) is 7.78. The van der Waals surface area contributed by atoms with E-state index in [4.69, 9.17) is 9.47 Å². The first-order valence-electron chi connectivity index (χ1n) is 10.4. The lowest BCUT2D eigenvalue weighted by Crippen LogP contribution is -2.52. The molecule has 7 nitrogen and oxygen atoms in total. The molecule has 1 heterocycles. The van der Waals surface area contributed by atoms with Crippen molar-refractivity contribution >= 4 is 17.6 Å². The van der Waals surface area contributed by atoms with Crippen LogP contribution in [0.15, 0.2) is 54.6 Å². The lowest BCUT2D eigenvalue weighted by Gasteiger charge is -2.22. The summed E-state index contributed by atoms with van der Waals surface area (Å²) in [4.78, 5) is 37.3. The third kappa shape index (κ3) is 6.65. The summed E-state index contributed by atoms with van der Waals surface area (Å²) in [5.41, 5.74) is 1.42. The third-order valence-electron chi connectivity index (χ3n) is 4.91. The van der Waals surface area contributed by atoms with Crippen molar-refractivity contribution in [2.75, 3.05) is 13.2 Å². The average molecular weight is 424 g/mol. The van der Waals surface area contributed by atoms with Crippen molar-refractivity contribution in [1.82, 2.24) is 10.6 Å². The Balaban J connectivity index is 1.63. The van der Waals surface area contributed by atoms with E-state index in [1.165, 1.54) is 0 Å². The van der Waals surface area contributed by atoms with Gasteiger partial charge in [0.05, 0.1) is 6.61 Å². The van der Waals surface area contributed by atoms with Crippen LogP contribution in [0.2, 0.25) is 0 Å². The van der Waals surface area contributed by atoms with Gasteiger partial charge in [-0.15, -0.1) is 0 Å². The van der Waals surface area contributed by atoms with Crippen LogP contribution in [-0.4, -0.2) is 42.9 Å². The lowest BCUT2D eigenvalue weighted by molar-refractivity contribution is -0.127. The Morgan fingerprint density at radius 3 is 2.58 bits per heavy atom. The molecular weight excluding hydrogens is 396 g/mol. The summed E-state index contributed by atoms with van der Waals surface area (Å²) in [5, 5.41) is 5.48. The molecule has 1 fully saturated rings. The van der Waals surface area contributed by atoms with Gasteiger partial charge in [0.1, 0.15) is 31.0 Å². The summed E-state index contributed by atoms with van der Waals surface area (Å²) in [6, 6.07) is 15.2. The molecule has 1 aliphatic rings. The molecule has 2 unspecified atom stereocenters. The number of rotatable bonds is 9. The zero-order valence-electron chi connectivity index (χ0n) is 17.8. The number of benzene rings is 2. The van der Waals surface area contributed by atoms with Crippen molar-refractivity contribution in [3.05, 3.63) is 65.7 Å². The smallest absolute Gasteiger partial charge is 0.252 e. The molecule has 0 bridgehead atoms.